The fourth-order valence-corrected chi connectivity index (χ4v) is 5.16. The number of hydrogen-bond donors (Lipinski definition) is 4. The summed E-state index contributed by atoms with van der Waals surface area (Å²) >= 11 is 0. The van der Waals surface area contributed by atoms with Crippen LogP contribution in [0.15, 0.2) is 35.2 Å². The third kappa shape index (κ3) is 8.28. The number of nitrogens with one attached hydrogen (secondary N) is 3. The average Bonchev–Trinajstić information content (AvgIpc) is 3.14. The summed E-state index contributed by atoms with van der Waals surface area (Å²) in [6.07, 6.45) is 0.873. The summed E-state index contributed by atoms with van der Waals surface area (Å²) in [4.78, 5) is 37.1. The Kier molecular flexibility index (Phi) is 9.58. The molecule has 4 atom stereocenters. The van der Waals surface area contributed by atoms with E-state index in [1.807, 2.05) is 19.9 Å². The van der Waals surface area contributed by atoms with Crippen LogP contribution in [0.1, 0.15) is 33.1 Å². The molecule has 0 radical (unpaired) electrons. The van der Waals surface area contributed by atoms with Gasteiger partial charge in [-0.15, -0.1) is 10.9 Å². The predicted octanol–water partition coefficient (Wildman–Crippen LogP) is 2.63. The van der Waals surface area contributed by atoms with Gasteiger partial charge in [-0.3, -0.25) is 14.4 Å². The number of thiol groups is 1. The predicted molar refractivity (Wildman–Crippen MR) is 119 cm³/mol. The van der Waals surface area contributed by atoms with Crippen molar-refractivity contribution in [1.29, 1.82) is 5.26 Å². The SMILES string of the molecule is CC(C)C[C@H](NC(=O)C[SH](c1ccccc1)C(F)(F)F)C(=O)N[C@H](C#N)C[C@@H]1CCNC1=O. The van der Waals surface area contributed by atoms with Crippen molar-refractivity contribution in [3.63, 3.8) is 0 Å². The summed E-state index contributed by atoms with van der Waals surface area (Å²) in [7, 11) is -2.78. The van der Waals surface area contributed by atoms with Gasteiger partial charge in [0.25, 0.3) is 0 Å². The van der Waals surface area contributed by atoms with Crippen molar-refractivity contribution in [3.8, 4) is 6.07 Å². The van der Waals surface area contributed by atoms with Gasteiger partial charge in [0.15, 0.2) is 0 Å². The zero-order valence-corrected chi connectivity index (χ0v) is 19.4. The molecule has 0 bridgehead atoms. The number of nitriles is 1. The number of hydrogen-bond acceptors (Lipinski definition) is 4. The minimum Gasteiger partial charge on any atom is -0.356 e. The summed E-state index contributed by atoms with van der Waals surface area (Å²) < 4.78 is 40.8. The molecule has 0 aromatic heterocycles. The molecular weight excluding hydrogens is 457 g/mol. The fraction of sp³-hybridized carbons (Fsp3) is 0.545. The molecule has 0 aliphatic carbocycles. The zero-order chi connectivity index (χ0) is 24.6. The van der Waals surface area contributed by atoms with E-state index in [9.17, 15) is 32.8 Å². The number of carbonyl (C=O) groups is 3. The van der Waals surface area contributed by atoms with Crippen LogP contribution in [0.2, 0.25) is 0 Å². The van der Waals surface area contributed by atoms with E-state index in [0.29, 0.717) is 13.0 Å². The van der Waals surface area contributed by atoms with Crippen LogP contribution in [0.25, 0.3) is 0 Å². The number of amides is 3. The molecule has 1 unspecified atom stereocenters. The lowest BCUT2D eigenvalue weighted by atomic mass is 9.98. The van der Waals surface area contributed by atoms with E-state index in [1.54, 1.807) is 6.07 Å². The van der Waals surface area contributed by atoms with Crippen LogP contribution >= 0.6 is 10.9 Å². The van der Waals surface area contributed by atoms with Crippen molar-refractivity contribution in [2.24, 2.45) is 11.8 Å². The Bertz CT molecular complexity index is 874. The summed E-state index contributed by atoms with van der Waals surface area (Å²) in [5, 5.41) is 17.0. The Morgan fingerprint density at radius 2 is 1.91 bits per heavy atom. The Balaban J connectivity index is 2.07. The van der Waals surface area contributed by atoms with Gasteiger partial charge in [-0.25, -0.2) is 0 Å². The molecule has 182 valence electrons. The van der Waals surface area contributed by atoms with Gasteiger partial charge in [0, 0.05) is 12.5 Å². The highest BCUT2D eigenvalue weighted by Crippen LogP contribution is 2.51. The minimum absolute atomic E-state index is 0.0272. The molecule has 3 N–H and O–H groups in total. The monoisotopic (exact) mass is 486 g/mol. The quantitative estimate of drug-likeness (QED) is 0.381. The van der Waals surface area contributed by atoms with Crippen molar-refractivity contribution >= 4 is 28.6 Å². The first-order chi connectivity index (χ1) is 15.5. The van der Waals surface area contributed by atoms with Gasteiger partial charge in [0.2, 0.25) is 17.7 Å². The molecular formula is C22H29F3N4O3S. The number of carbonyl (C=O) groups excluding carboxylic acids is 3. The lowest BCUT2D eigenvalue weighted by Gasteiger charge is -2.26. The molecule has 1 aliphatic heterocycles. The summed E-state index contributed by atoms with van der Waals surface area (Å²) in [5.74, 6) is -2.95. The maximum atomic E-state index is 13.6. The van der Waals surface area contributed by atoms with Gasteiger partial charge in [-0.1, -0.05) is 44.2 Å². The highest BCUT2D eigenvalue weighted by atomic mass is 32.2. The molecule has 1 fully saturated rings. The maximum absolute atomic E-state index is 13.6. The van der Waals surface area contributed by atoms with Gasteiger partial charge in [0.05, 0.1) is 11.8 Å². The molecule has 1 saturated heterocycles. The van der Waals surface area contributed by atoms with Crippen molar-refractivity contribution in [2.75, 3.05) is 12.3 Å². The largest absolute Gasteiger partial charge is 0.427 e. The van der Waals surface area contributed by atoms with E-state index < -0.39 is 52.0 Å². The maximum Gasteiger partial charge on any atom is 0.427 e. The number of benzene rings is 1. The molecule has 11 heteroatoms. The van der Waals surface area contributed by atoms with E-state index in [2.05, 4.69) is 16.0 Å². The van der Waals surface area contributed by atoms with Crippen LogP contribution in [0, 0.1) is 23.2 Å². The van der Waals surface area contributed by atoms with E-state index >= 15 is 0 Å². The number of halogens is 3. The molecule has 1 aromatic rings. The second-order valence-corrected chi connectivity index (χ2v) is 10.5. The average molecular weight is 487 g/mol. The lowest BCUT2D eigenvalue weighted by Crippen LogP contribution is -2.51. The van der Waals surface area contributed by atoms with Crippen LogP contribution in [-0.2, 0) is 14.4 Å². The number of alkyl halides is 3. The number of nitrogens with zero attached hydrogens (tertiary/aromatic N) is 1. The Morgan fingerprint density at radius 1 is 1.24 bits per heavy atom. The molecule has 33 heavy (non-hydrogen) atoms. The third-order valence-electron chi connectivity index (χ3n) is 5.19. The fourth-order valence-electron chi connectivity index (χ4n) is 3.59. The highest BCUT2D eigenvalue weighted by molar-refractivity contribution is 8.18. The van der Waals surface area contributed by atoms with Gasteiger partial charge in [-0.2, -0.15) is 18.4 Å². The zero-order valence-electron chi connectivity index (χ0n) is 18.5. The van der Waals surface area contributed by atoms with Crippen LogP contribution in [0.4, 0.5) is 13.2 Å². The molecule has 7 nitrogen and oxygen atoms in total. The lowest BCUT2D eigenvalue weighted by molar-refractivity contribution is -0.129. The Morgan fingerprint density at radius 3 is 2.42 bits per heavy atom. The van der Waals surface area contributed by atoms with E-state index in [-0.39, 0.29) is 29.6 Å². The normalized spacial score (nSPS) is 19.2. The molecule has 2 rings (SSSR count). The van der Waals surface area contributed by atoms with Crippen molar-refractivity contribution in [1.82, 2.24) is 16.0 Å². The first kappa shape index (κ1) is 26.5. The van der Waals surface area contributed by atoms with Crippen LogP contribution in [0.3, 0.4) is 0 Å². The van der Waals surface area contributed by atoms with Crippen LogP contribution < -0.4 is 16.0 Å². The molecule has 0 spiro atoms. The summed E-state index contributed by atoms with van der Waals surface area (Å²) in [6.45, 7) is 4.12. The van der Waals surface area contributed by atoms with Gasteiger partial charge in [-0.05, 0) is 30.1 Å². The van der Waals surface area contributed by atoms with Crippen LogP contribution in [0.5, 0.6) is 0 Å². The van der Waals surface area contributed by atoms with Crippen molar-refractivity contribution < 1.29 is 27.6 Å². The summed E-state index contributed by atoms with van der Waals surface area (Å²) in [5.41, 5.74) is -4.57. The smallest absolute Gasteiger partial charge is 0.356 e. The minimum atomic E-state index is -4.57. The third-order valence-corrected chi connectivity index (χ3v) is 7.33. The van der Waals surface area contributed by atoms with Crippen molar-refractivity contribution in [3.05, 3.63) is 30.3 Å². The molecule has 1 aliphatic rings. The van der Waals surface area contributed by atoms with Crippen molar-refractivity contribution in [2.45, 2.75) is 55.6 Å². The molecule has 0 saturated carbocycles. The van der Waals surface area contributed by atoms with Crippen LogP contribution in [-0.4, -0.2) is 47.6 Å². The van der Waals surface area contributed by atoms with Gasteiger partial charge >= 0.3 is 5.51 Å². The van der Waals surface area contributed by atoms with Gasteiger partial charge < -0.3 is 16.0 Å². The first-order valence-electron chi connectivity index (χ1n) is 10.7. The standard InChI is InChI=1S/C22H29F3N4O3S/c1-14(2)10-18(21(32)28-16(12-26)11-15-8-9-27-20(15)31)29-19(30)13-33(22(23,24)25)17-6-4-3-5-7-17/h3-7,14-16,18,33H,8-11,13H2,1-2H3,(H,27,31)(H,28,32)(H,29,30)/t15-,16-,18-/m0/s1. The molecule has 3 amide bonds. The summed E-state index contributed by atoms with van der Waals surface area (Å²) in [6, 6.07) is 7.13. The van der Waals surface area contributed by atoms with E-state index in [1.165, 1.54) is 24.3 Å². The Hall–Kier alpha value is -2.74. The Labute approximate surface area is 193 Å². The topological polar surface area (TPSA) is 111 Å². The molecule has 1 heterocycles. The second-order valence-electron chi connectivity index (χ2n) is 8.34. The van der Waals surface area contributed by atoms with E-state index in [4.69, 9.17) is 0 Å². The molecule has 1 aromatic carbocycles. The highest BCUT2D eigenvalue weighted by Gasteiger charge is 2.39. The van der Waals surface area contributed by atoms with E-state index in [0.717, 1.165) is 0 Å². The number of rotatable bonds is 10. The second kappa shape index (κ2) is 11.9. The first-order valence-corrected chi connectivity index (χ1v) is 12.2. The van der Waals surface area contributed by atoms with Gasteiger partial charge in [0.1, 0.15) is 12.1 Å².